The second-order valence-corrected chi connectivity index (χ2v) is 4.62. The first-order valence-corrected chi connectivity index (χ1v) is 6.41. The Kier molecular flexibility index (Phi) is 6.19. The van der Waals surface area contributed by atoms with Gasteiger partial charge in [-0.15, -0.1) is 0 Å². The van der Waals surface area contributed by atoms with E-state index in [4.69, 9.17) is 11.6 Å². The third-order valence-electron chi connectivity index (χ3n) is 2.55. The predicted molar refractivity (Wildman–Crippen MR) is 70.7 cm³/mol. The molecule has 0 saturated heterocycles. The van der Waals surface area contributed by atoms with Crippen LogP contribution >= 0.6 is 11.6 Å². The van der Waals surface area contributed by atoms with E-state index >= 15 is 0 Å². The molecule has 0 aromatic heterocycles. The van der Waals surface area contributed by atoms with E-state index < -0.39 is 6.61 Å². The highest BCUT2D eigenvalue weighted by atomic mass is 35.5. The van der Waals surface area contributed by atoms with Crippen molar-refractivity contribution in [3.8, 4) is 5.75 Å². The quantitative estimate of drug-likeness (QED) is 0.763. The number of ether oxygens (including phenoxy) is 1. The van der Waals surface area contributed by atoms with E-state index in [1.54, 1.807) is 12.1 Å². The highest BCUT2D eigenvalue weighted by Crippen LogP contribution is 2.29. The van der Waals surface area contributed by atoms with Crippen LogP contribution in [0.5, 0.6) is 5.75 Å². The van der Waals surface area contributed by atoms with Crippen molar-refractivity contribution in [3.05, 3.63) is 23.2 Å². The molecule has 1 rings (SSSR count). The summed E-state index contributed by atoms with van der Waals surface area (Å²) >= 11 is 5.86. The van der Waals surface area contributed by atoms with E-state index in [9.17, 15) is 8.78 Å². The molecule has 1 aromatic carbocycles. The number of anilines is 1. The molecule has 1 atom stereocenters. The standard InChI is InChI=1S/C13H18ClF2NO/c1-3-4-5-9(2)17-10-6-7-12(11(14)8-10)18-13(15)16/h6-9,13,17H,3-5H2,1-2H3. The SMILES string of the molecule is CCCCC(C)Nc1ccc(OC(F)F)c(Cl)c1. The Bertz CT molecular complexity index is 374. The van der Waals surface area contributed by atoms with Gasteiger partial charge in [-0.1, -0.05) is 31.4 Å². The fourth-order valence-electron chi connectivity index (χ4n) is 1.65. The molecule has 1 N–H and O–H groups in total. The van der Waals surface area contributed by atoms with Crippen LogP contribution in [-0.2, 0) is 0 Å². The molecule has 0 saturated carbocycles. The Morgan fingerprint density at radius 3 is 2.67 bits per heavy atom. The summed E-state index contributed by atoms with van der Waals surface area (Å²) in [5.74, 6) is -0.00146. The second-order valence-electron chi connectivity index (χ2n) is 4.21. The maximum atomic E-state index is 12.1. The van der Waals surface area contributed by atoms with Crippen LogP contribution in [-0.4, -0.2) is 12.7 Å². The van der Waals surface area contributed by atoms with Crippen LogP contribution in [0.1, 0.15) is 33.1 Å². The molecule has 0 amide bonds. The van der Waals surface area contributed by atoms with Gasteiger partial charge < -0.3 is 10.1 Å². The number of nitrogens with one attached hydrogen (secondary N) is 1. The van der Waals surface area contributed by atoms with Gasteiger partial charge in [0.15, 0.2) is 0 Å². The summed E-state index contributed by atoms with van der Waals surface area (Å²) in [4.78, 5) is 0. The molecule has 0 aliphatic heterocycles. The van der Waals surface area contributed by atoms with Crippen LogP contribution in [0.25, 0.3) is 0 Å². The first kappa shape index (κ1) is 15.0. The molecule has 1 unspecified atom stereocenters. The first-order chi connectivity index (χ1) is 8.52. The Hall–Kier alpha value is -1.03. The summed E-state index contributed by atoms with van der Waals surface area (Å²) in [6.45, 7) is 1.36. The summed E-state index contributed by atoms with van der Waals surface area (Å²) in [7, 11) is 0. The second kappa shape index (κ2) is 7.41. The van der Waals surface area contributed by atoms with E-state index in [1.165, 1.54) is 6.07 Å². The van der Waals surface area contributed by atoms with Crippen molar-refractivity contribution in [3.63, 3.8) is 0 Å². The zero-order chi connectivity index (χ0) is 13.5. The molecule has 18 heavy (non-hydrogen) atoms. The van der Waals surface area contributed by atoms with Gasteiger partial charge in [0.25, 0.3) is 0 Å². The van der Waals surface area contributed by atoms with Gasteiger partial charge in [-0.05, 0) is 31.5 Å². The molecule has 102 valence electrons. The minimum atomic E-state index is -2.86. The Morgan fingerprint density at radius 1 is 1.39 bits per heavy atom. The molecule has 1 aromatic rings. The van der Waals surface area contributed by atoms with Crippen LogP contribution < -0.4 is 10.1 Å². The van der Waals surface area contributed by atoms with Crippen molar-refractivity contribution in [1.29, 1.82) is 0 Å². The largest absolute Gasteiger partial charge is 0.433 e. The van der Waals surface area contributed by atoms with E-state index in [1.807, 2.05) is 0 Å². The molecule has 0 bridgehead atoms. The van der Waals surface area contributed by atoms with Gasteiger partial charge in [0.1, 0.15) is 5.75 Å². The number of hydrogen-bond donors (Lipinski definition) is 1. The van der Waals surface area contributed by atoms with Gasteiger partial charge in [-0.2, -0.15) is 8.78 Å². The zero-order valence-electron chi connectivity index (χ0n) is 10.6. The minimum Gasteiger partial charge on any atom is -0.433 e. The van der Waals surface area contributed by atoms with Crippen LogP contribution in [0.15, 0.2) is 18.2 Å². The molecule has 0 aliphatic carbocycles. The molecule has 0 heterocycles. The zero-order valence-corrected chi connectivity index (χ0v) is 11.3. The fourth-order valence-corrected chi connectivity index (χ4v) is 1.87. The Balaban J connectivity index is 2.60. The number of alkyl halides is 2. The summed E-state index contributed by atoms with van der Waals surface area (Å²) in [6, 6.07) is 5.06. The van der Waals surface area contributed by atoms with Crippen molar-refractivity contribution in [2.24, 2.45) is 0 Å². The van der Waals surface area contributed by atoms with Crippen molar-refractivity contribution in [1.82, 2.24) is 0 Å². The molecule has 0 radical (unpaired) electrons. The van der Waals surface area contributed by atoms with Crippen LogP contribution in [0.2, 0.25) is 5.02 Å². The number of hydrogen-bond acceptors (Lipinski definition) is 2. The lowest BCUT2D eigenvalue weighted by Crippen LogP contribution is -2.14. The molecule has 0 spiro atoms. The number of unbranched alkanes of at least 4 members (excludes halogenated alkanes) is 1. The van der Waals surface area contributed by atoms with Gasteiger partial charge in [0, 0.05) is 11.7 Å². The monoisotopic (exact) mass is 277 g/mol. The first-order valence-electron chi connectivity index (χ1n) is 6.03. The molecule has 0 fully saturated rings. The lowest BCUT2D eigenvalue weighted by Gasteiger charge is -2.16. The van der Waals surface area contributed by atoms with Crippen molar-refractivity contribution in [2.45, 2.75) is 45.8 Å². The summed E-state index contributed by atoms with van der Waals surface area (Å²) in [6.07, 6.45) is 3.35. The molecule has 2 nitrogen and oxygen atoms in total. The van der Waals surface area contributed by atoms with Gasteiger partial charge in [0.05, 0.1) is 5.02 Å². The van der Waals surface area contributed by atoms with Gasteiger partial charge >= 0.3 is 6.61 Å². The molecular formula is C13H18ClF2NO. The van der Waals surface area contributed by atoms with Crippen molar-refractivity contribution >= 4 is 17.3 Å². The topological polar surface area (TPSA) is 21.3 Å². The van der Waals surface area contributed by atoms with Gasteiger partial charge in [0.2, 0.25) is 0 Å². The highest BCUT2D eigenvalue weighted by Gasteiger charge is 2.09. The summed E-state index contributed by atoms with van der Waals surface area (Å²) < 4.78 is 28.4. The number of halogens is 3. The summed E-state index contributed by atoms with van der Waals surface area (Å²) in [5, 5.41) is 3.45. The third kappa shape index (κ3) is 5.08. The minimum absolute atomic E-state index is 0.00146. The Labute approximate surface area is 111 Å². The average Bonchev–Trinajstić information content (AvgIpc) is 2.29. The molecule has 5 heteroatoms. The fraction of sp³-hybridized carbons (Fsp3) is 0.538. The smallest absolute Gasteiger partial charge is 0.387 e. The molecule has 0 aliphatic rings. The molecular weight excluding hydrogens is 260 g/mol. The number of benzene rings is 1. The van der Waals surface area contributed by atoms with Gasteiger partial charge in [-0.3, -0.25) is 0 Å². The summed E-state index contributed by atoms with van der Waals surface area (Å²) in [5.41, 5.74) is 0.810. The average molecular weight is 278 g/mol. The van der Waals surface area contributed by atoms with Crippen LogP contribution in [0, 0.1) is 0 Å². The third-order valence-corrected chi connectivity index (χ3v) is 2.85. The predicted octanol–water partition coefficient (Wildman–Crippen LogP) is 4.93. The van der Waals surface area contributed by atoms with Crippen LogP contribution in [0.3, 0.4) is 0 Å². The Morgan fingerprint density at radius 2 is 2.11 bits per heavy atom. The maximum Gasteiger partial charge on any atom is 0.387 e. The van der Waals surface area contributed by atoms with E-state index in [0.29, 0.717) is 6.04 Å². The number of rotatable bonds is 7. The normalized spacial score (nSPS) is 12.6. The lowest BCUT2D eigenvalue weighted by molar-refractivity contribution is -0.0497. The van der Waals surface area contributed by atoms with E-state index in [-0.39, 0.29) is 10.8 Å². The van der Waals surface area contributed by atoms with Crippen molar-refractivity contribution < 1.29 is 13.5 Å². The van der Waals surface area contributed by atoms with Crippen LogP contribution in [0.4, 0.5) is 14.5 Å². The van der Waals surface area contributed by atoms with E-state index in [0.717, 1.165) is 24.9 Å². The van der Waals surface area contributed by atoms with E-state index in [2.05, 4.69) is 23.9 Å². The maximum absolute atomic E-state index is 12.1. The lowest BCUT2D eigenvalue weighted by atomic mass is 10.1. The van der Waals surface area contributed by atoms with Crippen molar-refractivity contribution in [2.75, 3.05) is 5.32 Å². The van der Waals surface area contributed by atoms with Gasteiger partial charge in [-0.25, -0.2) is 0 Å². The highest BCUT2D eigenvalue weighted by molar-refractivity contribution is 6.32.